The van der Waals surface area contributed by atoms with E-state index in [1.165, 1.54) is 33.8 Å². The average Bonchev–Trinajstić information content (AvgIpc) is 3.05. The van der Waals surface area contributed by atoms with E-state index in [4.69, 9.17) is 23.2 Å². The number of amides is 2. The third-order valence-electron chi connectivity index (χ3n) is 4.41. The second-order valence-electron chi connectivity index (χ2n) is 7.99. The predicted octanol–water partition coefficient (Wildman–Crippen LogP) is 6.40. The summed E-state index contributed by atoms with van der Waals surface area (Å²) in [7, 11) is 0. The molecule has 0 N–H and O–H groups in total. The van der Waals surface area contributed by atoms with Crippen molar-refractivity contribution < 1.29 is 35.9 Å². The van der Waals surface area contributed by atoms with E-state index in [1.807, 2.05) is 0 Å². The summed E-state index contributed by atoms with van der Waals surface area (Å²) in [5.74, 6) is -2.93. The molecule has 184 valence electrons. The molecule has 0 aliphatic rings. The summed E-state index contributed by atoms with van der Waals surface area (Å²) in [4.78, 5) is 26.2. The van der Waals surface area contributed by atoms with E-state index < -0.39 is 68.0 Å². The molecule has 1 aromatic carbocycles. The number of hydrogen-bond acceptors (Lipinski definition) is 4. The van der Waals surface area contributed by atoms with Crippen LogP contribution in [0.4, 0.5) is 32.2 Å². The lowest BCUT2D eigenvalue weighted by Gasteiger charge is -2.28. The molecule has 1 heterocycles. The van der Waals surface area contributed by atoms with Gasteiger partial charge >= 0.3 is 12.4 Å². The summed E-state index contributed by atoms with van der Waals surface area (Å²) in [5, 5.41) is 11.3. The fourth-order valence-corrected chi connectivity index (χ4v) is 3.47. The maximum absolute atomic E-state index is 13.7. The molecule has 0 spiro atoms. The summed E-state index contributed by atoms with van der Waals surface area (Å²) in [6.07, 6.45) is -10.5. The van der Waals surface area contributed by atoms with Gasteiger partial charge in [-0.15, -0.1) is 0 Å². The lowest BCUT2D eigenvalue weighted by atomic mass is 9.94. The largest absolute Gasteiger partial charge is 0.436 e. The fourth-order valence-electron chi connectivity index (χ4n) is 2.83. The Morgan fingerprint density at radius 2 is 1.56 bits per heavy atom. The van der Waals surface area contributed by atoms with E-state index in [0.717, 1.165) is 0 Å². The van der Waals surface area contributed by atoms with E-state index in [-0.39, 0.29) is 6.42 Å². The van der Waals surface area contributed by atoms with E-state index in [1.54, 1.807) is 0 Å². The van der Waals surface area contributed by atoms with Crippen LogP contribution in [0.3, 0.4) is 0 Å². The molecule has 0 bridgehead atoms. The Morgan fingerprint density at radius 3 is 1.91 bits per heavy atom. The van der Waals surface area contributed by atoms with Crippen LogP contribution in [0.1, 0.15) is 50.9 Å². The van der Waals surface area contributed by atoms with Crippen molar-refractivity contribution in [2.45, 2.75) is 46.5 Å². The van der Waals surface area contributed by atoms with Gasteiger partial charge in [-0.1, -0.05) is 50.9 Å². The van der Waals surface area contributed by atoms with E-state index >= 15 is 0 Å². The number of benzene rings is 1. The van der Waals surface area contributed by atoms with Gasteiger partial charge in [0.2, 0.25) is 11.8 Å². The van der Waals surface area contributed by atoms with Crippen LogP contribution in [0.5, 0.6) is 0 Å². The van der Waals surface area contributed by atoms with Crippen molar-refractivity contribution >= 4 is 40.8 Å². The number of anilines is 1. The van der Waals surface area contributed by atoms with Crippen LogP contribution >= 0.6 is 23.2 Å². The Bertz CT molecular complexity index is 1170. The van der Waals surface area contributed by atoms with Gasteiger partial charge in [-0.05, 0) is 12.1 Å². The molecular formula is C20H16Cl2F6N4O2. The van der Waals surface area contributed by atoms with Gasteiger partial charge in [-0.3, -0.25) is 9.59 Å². The summed E-state index contributed by atoms with van der Waals surface area (Å²) < 4.78 is 80.8. The van der Waals surface area contributed by atoms with E-state index in [9.17, 15) is 41.2 Å². The van der Waals surface area contributed by atoms with Crippen molar-refractivity contribution in [3.8, 4) is 11.8 Å². The smallest absolute Gasteiger partial charge is 0.274 e. The molecule has 2 amide bonds. The standard InChI is InChI=1S/C20H16Cl2F6N4O2/c1-5-13(33)31(17(34)18(2,3)4)16-10(8-29)15(20(26,27)28)30-32(16)14-11(21)6-9(7-12(14)22)19(23,24)25/h6-7H,5H2,1-4H3. The number of carbonyl (C=O) groups is 2. The zero-order chi connectivity index (χ0) is 26.4. The number of rotatable bonds is 3. The van der Waals surface area contributed by atoms with Gasteiger partial charge in [0.25, 0.3) is 0 Å². The summed E-state index contributed by atoms with van der Waals surface area (Å²) in [5.41, 5.74) is -6.30. The topological polar surface area (TPSA) is 79.0 Å². The molecule has 0 saturated carbocycles. The van der Waals surface area contributed by atoms with E-state index in [2.05, 4.69) is 5.10 Å². The molecule has 2 rings (SSSR count). The number of aromatic nitrogens is 2. The molecule has 34 heavy (non-hydrogen) atoms. The van der Waals surface area contributed by atoms with Gasteiger partial charge in [0, 0.05) is 11.8 Å². The SMILES string of the molecule is CCC(=O)N(C(=O)C(C)(C)C)c1c(C#N)c(C(F)(F)F)nn1-c1c(Cl)cc(C(F)(F)F)cc1Cl. The van der Waals surface area contributed by atoms with Crippen molar-refractivity contribution in [2.75, 3.05) is 4.90 Å². The van der Waals surface area contributed by atoms with Crippen molar-refractivity contribution in [3.63, 3.8) is 0 Å². The van der Waals surface area contributed by atoms with Crippen LogP contribution in [0.25, 0.3) is 5.69 Å². The van der Waals surface area contributed by atoms with Crippen LogP contribution in [0.15, 0.2) is 12.1 Å². The number of nitriles is 1. The monoisotopic (exact) mass is 528 g/mol. The van der Waals surface area contributed by atoms with Gasteiger partial charge < -0.3 is 0 Å². The Morgan fingerprint density at radius 1 is 1.06 bits per heavy atom. The highest BCUT2D eigenvalue weighted by atomic mass is 35.5. The summed E-state index contributed by atoms with van der Waals surface area (Å²) in [6.45, 7) is 5.45. The highest BCUT2D eigenvalue weighted by Gasteiger charge is 2.45. The Hall–Kier alpha value is -2.78. The third kappa shape index (κ3) is 5.15. The number of halogens is 8. The number of alkyl halides is 6. The van der Waals surface area contributed by atoms with Crippen LogP contribution < -0.4 is 4.90 Å². The molecule has 0 fully saturated rings. The molecule has 0 atom stereocenters. The third-order valence-corrected chi connectivity index (χ3v) is 4.98. The second kappa shape index (κ2) is 9.11. The normalized spacial score (nSPS) is 12.4. The van der Waals surface area contributed by atoms with Crippen molar-refractivity contribution in [2.24, 2.45) is 5.41 Å². The van der Waals surface area contributed by atoms with Gasteiger partial charge in [-0.2, -0.15) is 36.7 Å². The van der Waals surface area contributed by atoms with Gasteiger partial charge in [-0.25, -0.2) is 9.58 Å². The Balaban J connectivity index is 3.07. The molecule has 0 radical (unpaired) electrons. The average molecular weight is 529 g/mol. The Kier molecular flexibility index (Phi) is 7.36. The Labute approximate surface area is 199 Å². The van der Waals surface area contributed by atoms with Crippen LogP contribution in [0.2, 0.25) is 10.0 Å². The highest BCUT2D eigenvalue weighted by molar-refractivity contribution is 6.38. The molecule has 0 aliphatic carbocycles. The number of nitrogens with zero attached hydrogens (tertiary/aromatic N) is 4. The van der Waals surface area contributed by atoms with Crippen molar-refractivity contribution in [3.05, 3.63) is 39.0 Å². The lowest BCUT2D eigenvalue weighted by Crippen LogP contribution is -2.44. The maximum atomic E-state index is 13.7. The molecule has 0 unspecified atom stereocenters. The first-order chi connectivity index (χ1) is 15.4. The fraction of sp³-hybridized carbons (Fsp3) is 0.400. The first-order valence-corrected chi connectivity index (χ1v) is 10.2. The number of carbonyl (C=O) groups excluding carboxylic acids is 2. The summed E-state index contributed by atoms with van der Waals surface area (Å²) >= 11 is 11.9. The molecular weight excluding hydrogens is 513 g/mol. The van der Waals surface area contributed by atoms with Crippen LogP contribution in [-0.4, -0.2) is 21.6 Å². The highest BCUT2D eigenvalue weighted by Crippen LogP contribution is 2.43. The number of imide groups is 1. The first kappa shape index (κ1) is 27.5. The molecule has 14 heteroatoms. The van der Waals surface area contributed by atoms with Gasteiger partial charge in [0.05, 0.1) is 15.6 Å². The van der Waals surface area contributed by atoms with Crippen LogP contribution in [-0.2, 0) is 21.9 Å². The number of hydrogen-bond donors (Lipinski definition) is 0. The van der Waals surface area contributed by atoms with Gasteiger partial charge in [0.15, 0.2) is 11.5 Å². The minimum Gasteiger partial charge on any atom is -0.274 e. The quantitative estimate of drug-likeness (QED) is 0.431. The molecule has 0 saturated heterocycles. The van der Waals surface area contributed by atoms with Gasteiger partial charge in [0.1, 0.15) is 17.3 Å². The minimum atomic E-state index is -5.23. The van der Waals surface area contributed by atoms with E-state index in [0.29, 0.717) is 21.7 Å². The lowest BCUT2D eigenvalue weighted by molar-refractivity contribution is -0.141. The minimum absolute atomic E-state index is 0.295. The molecule has 0 aliphatic heterocycles. The molecule has 1 aromatic heterocycles. The van der Waals surface area contributed by atoms with Crippen LogP contribution in [0, 0.1) is 16.7 Å². The van der Waals surface area contributed by atoms with Crippen molar-refractivity contribution in [1.82, 2.24) is 9.78 Å². The molecule has 2 aromatic rings. The zero-order valence-electron chi connectivity index (χ0n) is 18.0. The predicted molar refractivity (Wildman–Crippen MR) is 111 cm³/mol. The molecule has 6 nitrogen and oxygen atoms in total. The zero-order valence-corrected chi connectivity index (χ0v) is 19.5. The maximum Gasteiger partial charge on any atom is 0.436 e. The first-order valence-electron chi connectivity index (χ1n) is 9.40. The second-order valence-corrected chi connectivity index (χ2v) is 8.81. The summed E-state index contributed by atoms with van der Waals surface area (Å²) in [6, 6.07) is 2.07. The van der Waals surface area contributed by atoms with Crippen molar-refractivity contribution in [1.29, 1.82) is 5.26 Å².